The number of nitrogens with zero attached hydrogens (tertiary/aromatic N) is 1. The Morgan fingerprint density at radius 1 is 1.07 bits per heavy atom. The van der Waals surface area contributed by atoms with E-state index in [1.165, 1.54) is 0 Å². The fraction of sp³-hybridized carbons (Fsp3) is 0.455. The number of benzene rings is 2. The van der Waals surface area contributed by atoms with Gasteiger partial charge >= 0.3 is 0 Å². The Morgan fingerprint density at radius 3 is 2.62 bits per heavy atom. The molecule has 7 nitrogen and oxygen atoms in total. The Hall–Kier alpha value is -2.32. The van der Waals surface area contributed by atoms with Gasteiger partial charge in [-0.1, -0.05) is 18.2 Å². The van der Waals surface area contributed by atoms with Gasteiger partial charge < -0.3 is 29.2 Å². The van der Waals surface area contributed by atoms with Crippen molar-refractivity contribution in [2.45, 2.75) is 18.7 Å². The first-order chi connectivity index (χ1) is 14.2. The highest BCUT2D eigenvalue weighted by Gasteiger charge is 2.33. The lowest BCUT2D eigenvalue weighted by Gasteiger charge is -2.41. The van der Waals surface area contributed by atoms with Crippen molar-refractivity contribution in [1.82, 2.24) is 4.90 Å². The number of aliphatic hydroxyl groups excluding tert-OH is 2. The lowest BCUT2D eigenvalue weighted by molar-refractivity contribution is -0.0961. The molecule has 0 aliphatic carbocycles. The molecule has 1 aliphatic heterocycles. The Bertz CT molecular complexity index is 784. The Morgan fingerprint density at radius 2 is 1.90 bits per heavy atom. The second-order valence-electron chi connectivity index (χ2n) is 6.84. The summed E-state index contributed by atoms with van der Waals surface area (Å²) in [5, 5.41) is 18.9. The molecular weight excluding hydrogens is 374 g/mol. The molecule has 0 radical (unpaired) electrons. The number of hydrogen-bond acceptors (Lipinski definition) is 7. The van der Waals surface area contributed by atoms with Crippen molar-refractivity contribution in [3.8, 4) is 17.2 Å². The average Bonchev–Trinajstić information content (AvgIpc) is 2.77. The molecule has 2 aromatic rings. The second-order valence-corrected chi connectivity index (χ2v) is 6.84. The maximum Gasteiger partial charge on any atom is 0.161 e. The molecule has 3 rings (SSSR count). The van der Waals surface area contributed by atoms with Crippen LogP contribution < -0.4 is 14.2 Å². The summed E-state index contributed by atoms with van der Waals surface area (Å²) >= 11 is 0. The van der Waals surface area contributed by atoms with Gasteiger partial charge in [0.15, 0.2) is 11.5 Å². The topological polar surface area (TPSA) is 80.6 Å². The normalized spacial score (nSPS) is 19.7. The highest BCUT2D eigenvalue weighted by Crippen LogP contribution is 2.36. The van der Waals surface area contributed by atoms with Gasteiger partial charge in [0.05, 0.1) is 40.1 Å². The van der Waals surface area contributed by atoms with Crippen molar-refractivity contribution in [2.75, 3.05) is 47.2 Å². The molecular formula is C22H29NO6. The van der Waals surface area contributed by atoms with Gasteiger partial charge in [-0.3, -0.25) is 4.90 Å². The van der Waals surface area contributed by atoms with Crippen molar-refractivity contribution in [3.05, 3.63) is 53.6 Å². The maximum absolute atomic E-state index is 9.92. The van der Waals surface area contributed by atoms with E-state index in [1.54, 1.807) is 14.2 Å². The number of ether oxygens (including phenoxy) is 4. The second kappa shape index (κ2) is 10.5. The van der Waals surface area contributed by atoms with Gasteiger partial charge in [-0.25, -0.2) is 0 Å². The maximum atomic E-state index is 9.92. The predicted molar refractivity (Wildman–Crippen MR) is 109 cm³/mol. The number of hydrogen-bond donors (Lipinski definition) is 2. The predicted octanol–water partition coefficient (Wildman–Crippen LogP) is 2.01. The molecule has 29 heavy (non-hydrogen) atoms. The lowest BCUT2D eigenvalue weighted by atomic mass is 9.97. The summed E-state index contributed by atoms with van der Waals surface area (Å²) in [6.45, 7) is 2.13. The summed E-state index contributed by atoms with van der Waals surface area (Å²) in [5.41, 5.74) is 2.08. The van der Waals surface area contributed by atoms with E-state index in [9.17, 15) is 5.11 Å². The Kier molecular flexibility index (Phi) is 7.71. The van der Waals surface area contributed by atoms with Gasteiger partial charge in [-0.05, 0) is 35.4 Å². The molecule has 1 saturated heterocycles. The molecule has 2 atom stereocenters. The van der Waals surface area contributed by atoms with Gasteiger partial charge in [-0.2, -0.15) is 0 Å². The van der Waals surface area contributed by atoms with Crippen LogP contribution in [-0.2, 0) is 11.3 Å². The zero-order chi connectivity index (χ0) is 20.6. The molecule has 1 heterocycles. The minimum atomic E-state index is -0.337. The van der Waals surface area contributed by atoms with Crippen LogP contribution in [0.2, 0.25) is 0 Å². The highest BCUT2D eigenvalue weighted by atomic mass is 16.5. The molecule has 0 amide bonds. The van der Waals surface area contributed by atoms with Crippen molar-refractivity contribution < 1.29 is 29.2 Å². The first-order valence-electron chi connectivity index (χ1n) is 9.71. The standard InChI is InChI=1S/C22H29NO6/c1-26-19-7-6-17(13-20(19)27-2)22-21(15-25)29-10-8-23(22)14-16-4-3-5-18(12-16)28-11-9-24/h3-7,12-13,21-22,24-25H,8-11,14-15H2,1-2H3/t21-,22-/m1/s1. The molecule has 0 unspecified atom stereocenters. The fourth-order valence-electron chi connectivity index (χ4n) is 3.71. The molecule has 0 bridgehead atoms. The Labute approximate surface area is 171 Å². The van der Waals surface area contributed by atoms with E-state index in [0.29, 0.717) is 24.7 Å². The van der Waals surface area contributed by atoms with Crippen LogP contribution >= 0.6 is 0 Å². The van der Waals surface area contributed by atoms with Crippen molar-refractivity contribution in [1.29, 1.82) is 0 Å². The summed E-state index contributed by atoms with van der Waals surface area (Å²) in [4.78, 5) is 2.29. The van der Waals surface area contributed by atoms with Gasteiger partial charge in [0, 0.05) is 13.1 Å². The summed E-state index contributed by atoms with van der Waals surface area (Å²) in [6.07, 6.45) is -0.337. The van der Waals surface area contributed by atoms with Crippen molar-refractivity contribution in [2.24, 2.45) is 0 Å². The monoisotopic (exact) mass is 403 g/mol. The van der Waals surface area contributed by atoms with Gasteiger partial charge in [0.2, 0.25) is 0 Å². The molecule has 7 heteroatoms. The van der Waals surface area contributed by atoms with E-state index in [4.69, 9.17) is 24.1 Å². The van der Waals surface area contributed by atoms with Crippen molar-refractivity contribution >= 4 is 0 Å². The van der Waals surface area contributed by atoms with Crippen LogP contribution in [0, 0.1) is 0 Å². The number of rotatable bonds is 9. The average molecular weight is 403 g/mol. The minimum Gasteiger partial charge on any atom is -0.493 e. The van der Waals surface area contributed by atoms with Gasteiger partial charge in [0.1, 0.15) is 18.5 Å². The Balaban J connectivity index is 1.86. The van der Waals surface area contributed by atoms with Crippen LogP contribution in [0.1, 0.15) is 17.2 Å². The third-order valence-electron chi connectivity index (χ3n) is 5.03. The molecule has 0 spiro atoms. The van der Waals surface area contributed by atoms with Crippen LogP contribution in [0.25, 0.3) is 0 Å². The summed E-state index contributed by atoms with van der Waals surface area (Å²) in [7, 11) is 3.22. The molecule has 158 valence electrons. The number of aliphatic hydroxyl groups is 2. The van der Waals surface area contributed by atoms with Crippen LogP contribution in [0.15, 0.2) is 42.5 Å². The summed E-state index contributed by atoms with van der Waals surface area (Å²) in [6, 6.07) is 13.5. The van der Waals surface area contributed by atoms with Crippen molar-refractivity contribution in [3.63, 3.8) is 0 Å². The zero-order valence-corrected chi connectivity index (χ0v) is 16.9. The zero-order valence-electron chi connectivity index (χ0n) is 16.9. The van der Waals surface area contributed by atoms with Gasteiger partial charge in [0.25, 0.3) is 0 Å². The van der Waals surface area contributed by atoms with Crippen LogP contribution in [0.4, 0.5) is 0 Å². The molecule has 1 fully saturated rings. The third kappa shape index (κ3) is 5.19. The minimum absolute atomic E-state index is 0.0206. The van der Waals surface area contributed by atoms with E-state index in [-0.39, 0.29) is 32.0 Å². The largest absolute Gasteiger partial charge is 0.493 e. The SMILES string of the molecule is COc1ccc([C@@H]2[C@@H](CO)OCCN2Cc2cccc(OCCO)c2)cc1OC. The van der Waals surface area contributed by atoms with Gasteiger partial charge in [-0.15, -0.1) is 0 Å². The number of morpholine rings is 1. The smallest absolute Gasteiger partial charge is 0.161 e. The van der Waals surface area contributed by atoms with Crippen LogP contribution in [-0.4, -0.2) is 68.4 Å². The molecule has 1 aliphatic rings. The van der Waals surface area contributed by atoms with E-state index >= 15 is 0 Å². The lowest BCUT2D eigenvalue weighted by Crippen LogP contribution is -2.46. The highest BCUT2D eigenvalue weighted by molar-refractivity contribution is 5.44. The summed E-state index contributed by atoms with van der Waals surface area (Å²) < 4.78 is 22.2. The molecule has 2 N–H and O–H groups in total. The first kappa shape index (κ1) is 21.4. The fourth-order valence-corrected chi connectivity index (χ4v) is 3.71. The quantitative estimate of drug-likeness (QED) is 0.663. The van der Waals surface area contributed by atoms with E-state index < -0.39 is 0 Å². The van der Waals surface area contributed by atoms with E-state index in [2.05, 4.69) is 4.90 Å². The molecule has 2 aromatic carbocycles. The molecule has 0 aromatic heterocycles. The van der Waals surface area contributed by atoms with Crippen LogP contribution in [0.3, 0.4) is 0 Å². The summed E-state index contributed by atoms with van der Waals surface area (Å²) in [5.74, 6) is 2.03. The third-order valence-corrected chi connectivity index (χ3v) is 5.03. The molecule has 0 saturated carbocycles. The van der Waals surface area contributed by atoms with E-state index in [0.717, 1.165) is 23.4 Å². The number of methoxy groups -OCH3 is 2. The first-order valence-corrected chi connectivity index (χ1v) is 9.71. The van der Waals surface area contributed by atoms with E-state index in [1.807, 2.05) is 42.5 Å². The van der Waals surface area contributed by atoms with Crippen LogP contribution in [0.5, 0.6) is 17.2 Å².